The molecule has 0 atom stereocenters. The first-order valence-electron chi connectivity index (χ1n) is 8.66. The summed E-state index contributed by atoms with van der Waals surface area (Å²) in [5.41, 5.74) is 1.18. The monoisotopic (exact) mass is 395 g/mol. The largest absolute Gasteiger partial charge is 0.493 e. The Hall–Kier alpha value is -3.31. The van der Waals surface area contributed by atoms with Gasteiger partial charge in [0.25, 0.3) is 5.91 Å². The van der Waals surface area contributed by atoms with E-state index in [0.29, 0.717) is 27.8 Å². The van der Waals surface area contributed by atoms with Gasteiger partial charge in [-0.15, -0.1) is 0 Å². The highest BCUT2D eigenvalue weighted by Gasteiger charge is 2.08. The smallest absolute Gasteiger partial charge is 0.314 e. The minimum Gasteiger partial charge on any atom is -0.493 e. The molecule has 6 heteroatoms. The Morgan fingerprint density at radius 3 is 2.32 bits per heavy atom. The van der Waals surface area contributed by atoms with Crippen LogP contribution in [0.15, 0.2) is 78.9 Å². The molecule has 0 saturated carbocycles. The molecule has 5 nitrogen and oxygen atoms in total. The second kappa shape index (κ2) is 9.58. The van der Waals surface area contributed by atoms with Gasteiger partial charge in [0.2, 0.25) is 0 Å². The zero-order valence-corrected chi connectivity index (χ0v) is 15.7. The number of hydrogen-bond donors (Lipinski definition) is 1. The average Bonchev–Trinajstić information content (AvgIpc) is 2.70. The molecule has 0 unspecified atom stereocenters. The highest BCUT2D eigenvalue weighted by molar-refractivity contribution is 6.30. The maximum absolute atomic E-state index is 12.1. The van der Waals surface area contributed by atoms with Crippen LogP contribution in [0.3, 0.4) is 0 Å². The maximum atomic E-state index is 12.1. The van der Waals surface area contributed by atoms with Gasteiger partial charge in [-0.25, -0.2) is 0 Å². The van der Waals surface area contributed by atoms with Crippen molar-refractivity contribution in [2.75, 3.05) is 11.9 Å². The molecule has 3 rings (SSSR count). The lowest BCUT2D eigenvalue weighted by atomic mass is 10.2. The van der Waals surface area contributed by atoms with Crippen LogP contribution >= 0.6 is 11.6 Å². The Kier molecular flexibility index (Phi) is 6.65. The van der Waals surface area contributed by atoms with Gasteiger partial charge in [0, 0.05) is 16.3 Å². The fourth-order valence-corrected chi connectivity index (χ4v) is 2.57. The SMILES string of the molecule is O=C(CCOc1cccc(Cl)c1)Oc1ccc(NC(=O)c2ccccc2)cc1. The van der Waals surface area contributed by atoms with E-state index in [2.05, 4.69) is 5.32 Å². The Bertz CT molecular complexity index is 942. The van der Waals surface area contributed by atoms with Crippen molar-refractivity contribution in [3.63, 3.8) is 0 Å². The van der Waals surface area contributed by atoms with Gasteiger partial charge < -0.3 is 14.8 Å². The summed E-state index contributed by atoms with van der Waals surface area (Å²) < 4.78 is 10.7. The number of benzene rings is 3. The predicted molar refractivity (Wildman–Crippen MR) is 108 cm³/mol. The van der Waals surface area contributed by atoms with Crippen molar-refractivity contribution in [2.24, 2.45) is 0 Å². The van der Waals surface area contributed by atoms with Crippen molar-refractivity contribution in [1.29, 1.82) is 0 Å². The molecule has 0 aliphatic heterocycles. The summed E-state index contributed by atoms with van der Waals surface area (Å²) in [6.45, 7) is 0.185. The van der Waals surface area contributed by atoms with Gasteiger partial charge >= 0.3 is 5.97 Å². The number of carbonyl (C=O) groups is 2. The van der Waals surface area contributed by atoms with E-state index in [1.807, 2.05) is 6.07 Å². The molecule has 142 valence electrons. The molecule has 1 amide bonds. The predicted octanol–water partition coefficient (Wildman–Crippen LogP) is 4.97. The van der Waals surface area contributed by atoms with Crippen LogP contribution < -0.4 is 14.8 Å². The summed E-state index contributed by atoms with van der Waals surface area (Å²) in [7, 11) is 0. The zero-order valence-electron chi connectivity index (χ0n) is 14.9. The molecule has 0 spiro atoms. The third-order valence-corrected chi connectivity index (χ3v) is 3.99. The van der Waals surface area contributed by atoms with E-state index < -0.39 is 5.97 Å². The molecule has 0 fully saturated rings. The number of rotatable bonds is 7. The standard InChI is InChI=1S/C22H18ClNO4/c23-17-7-4-8-20(15-17)27-14-13-21(25)28-19-11-9-18(10-12-19)24-22(26)16-5-2-1-3-6-16/h1-12,15H,13-14H2,(H,24,26). The van der Waals surface area contributed by atoms with Crippen molar-refractivity contribution < 1.29 is 19.1 Å². The minimum atomic E-state index is -0.414. The summed E-state index contributed by atoms with van der Waals surface area (Å²) >= 11 is 5.87. The first kappa shape index (κ1) is 19.5. The van der Waals surface area contributed by atoms with Crippen LogP contribution in [0.4, 0.5) is 5.69 Å². The van der Waals surface area contributed by atoms with E-state index in [1.54, 1.807) is 72.8 Å². The summed E-state index contributed by atoms with van der Waals surface area (Å²) in [5, 5.41) is 3.35. The van der Waals surface area contributed by atoms with Gasteiger partial charge in [-0.05, 0) is 54.6 Å². The maximum Gasteiger partial charge on any atom is 0.314 e. The topological polar surface area (TPSA) is 64.6 Å². The fraction of sp³-hybridized carbons (Fsp3) is 0.0909. The molecule has 0 aliphatic carbocycles. The Morgan fingerprint density at radius 1 is 0.857 bits per heavy atom. The summed E-state index contributed by atoms with van der Waals surface area (Å²) in [5.74, 6) is 0.371. The van der Waals surface area contributed by atoms with Gasteiger partial charge in [0.05, 0.1) is 13.0 Å². The number of nitrogens with one attached hydrogen (secondary N) is 1. The van der Waals surface area contributed by atoms with Gasteiger partial charge in [0.15, 0.2) is 0 Å². The van der Waals surface area contributed by atoms with Crippen molar-refractivity contribution in [1.82, 2.24) is 0 Å². The number of halogens is 1. The lowest BCUT2D eigenvalue weighted by Gasteiger charge is -2.08. The first-order chi connectivity index (χ1) is 13.6. The second-order valence-corrected chi connectivity index (χ2v) is 6.31. The van der Waals surface area contributed by atoms with Gasteiger partial charge in [0.1, 0.15) is 11.5 Å². The second-order valence-electron chi connectivity index (χ2n) is 5.87. The van der Waals surface area contributed by atoms with Crippen LogP contribution in [-0.4, -0.2) is 18.5 Å². The molecule has 0 radical (unpaired) electrons. The zero-order chi connectivity index (χ0) is 19.8. The first-order valence-corrected chi connectivity index (χ1v) is 9.03. The lowest BCUT2D eigenvalue weighted by Crippen LogP contribution is -2.13. The quantitative estimate of drug-likeness (QED) is 0.453. The number of amides is 1. The van der Waals surface area contributed by atoms with Crippen LogP contribution in [0.25, 0.3) is 0 Å². The van der Waals surface area contributed by atoms with E-state index in [9.17, 15) is 9.59 Å². The number of esters is 1. The molecule has 0 aromatic heterocycles. The summed E-state index contributed by atoms with van der Waals surface area (Å²) in [6.07, 6.45) is 0.0962. The fourth-order valence-electron chi connectivity index (χ4n) is 2.39. The van der Waals surface area contributed by atoms with Crippen LogP contribution in [0.2, 0.25) is 5.02 Å². The van der Waals surface area contributed by atoms with Crippen LogP contribution in [0, 0.1) is 0 Å². The molecule has 3 aromatic rings. The van der Waals surface area contributed by atoms with Gasteiger partial charge in [-0.1, -0.05) is 35.9 Å². The van der Waals surface area contributed by atoms with Crippen molar-refractivity contribution >= 4 is 29.2 Å². The van der Waals surface area contributed by atoms with E-state index in [1.165, 1.54) is 0 Å². The Labute approximate surface area is 167 Å². The average molecular weight is 396 g/mol. The summed E-state index contributed by atoms with van der Waals surface area (Å²) in [6, 6.07) is 22.5. The molecular formula is C22H18ClNO4. The minimum absolute atomic E-state index is 0.0962. The van der Waals surface area contributed by atoms with Gasteiger partial charge in [-0.3, -0.25) is 9.59 Å². The highest BCUT2D eigenvalue weighted by atomic mass is 35.5. The molecule has 28 heavy (non-hydrogen) atoms. The van der Waals surface area contributed by atoms with E-state index in [-0.39, 0.29) is 18.9 Å². The number of ether oxygens (including phenoxy) is 2. The number of anilines is 1. The van der Waals surface area contributed by atoms with Crippen LogP contribution in [-0.2, 0) is 4.79 Å². The van der Waals surface area contributed by atoms with E-state index >= 15 is 0 Å². The Balaban J connectivity index is 1.45. The third kappa shape index (κ3) is 5.86. The molecule has 0 heterocycles. The molecular weight excluding hydrogens is 378 g/mol. The van der Waals surface area contributed by atoms with Crippen LogP contribution in [0.5, 0.6) is 11.5 Å². The molecule has 3 aromatic carbocycles. The highest BCUT2D eigenvalue weighted by Crippen LogP contribution is 2.19. The Morgan fingerprint density at radius 2 is 1.61 bits per heavy atom. The summed E-state index contributed by atoms with van der Waals surface area (Å²) in [4.78, 5) is 24.0. The lowest BCUT2D eigenvalue weighted by molar-refractivity contribution is -0.134. The molecule has 0 bridgehead atoms. The molecule has 0 aliphatic rings. The van der Waals surface area contributed by atoms with Gasteiger partial charge in [-0.2, -0.15) is 0 Å². The van der Waals surface area contributed by atoms with Crippen molar-refractivity contribution in [2.45, 2.75) is 6.42 Å². The number of carbonyl (C=O) groups excluding carboxylic acids is 2. The van der Waals surface area contributed by atoms with Crippen LogP contribution in [0.1, 0.15) is 16.8 Å². The molecule has 1 N–H and O–H groups in total. The third-order valence-electron chi connectivity index (χ3n) is 3.75. The normalized spacial score (nSPS) is 10.2. The van der Waals surface area contributed by atoms with Crippen molar-refractivity contribution in [3.8, 4) is 11.5 Å². The number of hydrogen-bond acceptors (Lipinski definition) is 4. The molecule has 0 saturated heterocycles. The van der Waals surface area contributed by atoms with E-state index in [4.69, 9.17) is 21.1 Å². The van der Waals surface area contributed by atoms with Crippen molar-refractivity contribution in [3.05, 3.63) is 89.4 Å². The van der Waals surface area contributed by atoms with E-state index in [0.717, 1.165) is 0 Å².